The van der Waals surface area contributed by atoms with Crippen molar-refractivity contribution in [3.63, 3.8) is 0 Å². The van der Waals surface area contributed by atoms with Crippen LogP contribution in [-0.4, -0.2) is 64.1 Å². The lowest BCUT2D eigenvalue weighted by Crippen LogP contribution is -2.44. The first-order valence-corrected chi connectivity index (χ1v) is 50.7. The summed E-state index contributed by atoms with van der Waals surface area (Å²) in [6.45, 7) is 65.0. The number of ketones is 7. The van der Waals surface area contributed by atoms with Crippen LogP contribution in [0.2, 0.25) is 5.02 Å². The zero-order chi connectivity index (χ0) is 107. The summed E-state index contributed by atoms with van der Waals surface area (Å²) in [4.78, 5) is 148. The van der Waals surface area contributed by atoms with Gasteiger partial charge in [-0.2, -0.15) is 10.2 Å². The molecule has 9 aliphatic rings. The largest absolute Gasteiger partial charge is 0.289 e. The number of imide groups is 2. The summed E-state index contributed by atoms with van der Waals surface area (Å²) in [6, 6.07) is 40.8. The van der Waals surface area contributed by atoms with Crippen LogP contribution in [0.3, 0.4) is 0 Å². The minimum atomic E-state index is -0.454. The second-order valence-electron chi connectivity index (χ2n) is 46.4. The monoisotopic (exact) mass is 1960 g/mol. The van der Waals surface area contributed by atoms with Crippen LogP contribution in [0, 0.1) is 57.2 Å². The van der Waals surface area contributed by atoms with Crippen molar-refractivity contribution in [3.05, 3.63) is 391 Å². The van der Waals surface area contributed by atoms with E-state index in [4.69, 9.17) is 11.6 Å². The van der Waals surface area contributed by atoms with Gasteiger partial charge in [0.1, 0.15) is 0 Å². The minimum Gasteiger partial charge on any atom is -0.289 e. The molecule has 145 heavy (non-hydrogen) atoms. The van der Waals surface area contributed by atoms with Gasteiger partial charge in [-0.15, -0.1) is 0 Å². The number of aryl methyl sites for hydroxylation is 4. The Labute approximate surface area is 863 Å². The van der Waals surface area contributed by atoms with E-state index in [2.05, 4.69) is 189 Å². The van der Waals surface area contributed by atoms with E-state index < -0.39 is 23.6 Å². The van der Waals surface area contributed by atoms with Crippen molar-refractivity contribution in [1.29, 1.82) is 0 Å². The normalized spacial score (nSPS) is 17.4. The van der Waals surface area contributed by atoms with Crippen molar-refractivity contribution in [3.8, 4) is 0 Å². The molecule has 7 aromatic carbocycles. The Bertz CT molecular complexity index is 6870. The molecule has 2 aliphatic heterocycles. The Morgan fingerprint density at radius 3 is 0.883 bits per heavy atom. The average molecular weight is 1960 g/mol. The molecule has 0 saturated carbocycles. The van der Waals surface area contributed by atoms with E-state index in [0.29, 0.717) is 62.3 Å². The third kappa shape index (κ3) is 23.0. The zero-order valence-electron chi connectivity index (χ0n) is 90.8. The number of para-hydroxylation sites is 2. The molecule has 7 aliphatic carbocycles. The standard InChI is InChI=1S/C32H26N2O4.C30H32O2.C24H30O2.C22H28O2.C21H25ClN2O/c1-5-19-11-7-9-17(3)27(19)33-29(35)21-13-15-23-26-24(16-14-22(25(21)26)30(33)36)32(38)34(31(23)37)28-18(4)10-8-12-20(28)6-2;1-7-29(3,4)25-17-23(19-13-9-11-15-21(19)27(25)31)24-18-26(30(5,6)8-2)28(32)22-16-12-10-14-20(22)24;1-15-11-17(12-16(2)21(15)25)9-10-18-13-19(23(3,4)5)22(26)20(14-18)24(6,7)8;1-13-9-15(10-14(2)19(13)23)16-11-17(21(3,4)5)20(24)18(12-16)22(6,7)8;1-20(2,3)17-11-14(12-18(19(17)25)21(4,5)6)13-23-24-16-9-7-15(22)8-10-16/h7-16H,5-6H2,1-4H3;9-18H,7-8H2,1-6H3;9-14H,1-8H3;9-12H,1-8H3;7-13H,1-6H3/b;24-23+;;;. The highest BCUT2D eigenvalue weighted by molar-refractivity contribution is 6.43. The number of carbonyl (C=O) groups excluding carboxylic acids is 11. The first-order chi connectivity index (χ1) is 67.5. The maximum Gasteiger partial charge on any atom is 0.266 e. The van der Waals surface area contributed by atoms with E-state index in [-0.39, 0.29) is 83.8 Å². The highest BCUT2D eigenvalue weighted by Gasteiger charge is 2.45. The Kier molecular flexibility index (Phi) is 32.0. The van der Waals surface area contributed by atoms with Crippen LogP contribution in [0.15, 0.2) is 330 Å². The van der Waals surface area contributed by atoms with E-state index in [9.17, 15) is 52.7 Å². The van der Waals surface area contributed by atoms with Crippen molar-refractivity contribution in [2.24, 2.45) is 53.5 Å². The summed E-state index contributed by atoms with van der Waals surface area (Å²) in [7, 11) is 0. The molecule has 2 heterocycles. The van der Waals surface area contributed by atoms with Crippen molar-refractivity contribution in [2.75, 3.05) is 9.80 Å². The van der Waals surface area contributed by atoms with Crippen LogP contribution in [-0.2, 0) is 36.8 Å². The van der Waals surface area contributed by atoms with Crippen LogP contribution in [0.25, 0.3) is 21.9 Å². The van der Waals surface area contributed by atoms with Gasteiger partial charge in [0.05, 0.1) is 23.3 Å². The van der Waals surface area contributed by atoms with Crippen LogP contribution < -0.4 is 9.80 Å². The quantitative estimate of drug-likeness (QED) is 0.0876. The van der Waals surface area contributed by atoms with E-state index in [1.165, 1.54) is 9.80 Å². The van der Waals surface area contributed by atoms with Gasteiger partial charge in [-0.3, -0.25) is 52.7 Å². The van der Waals surface area contributed by atoms with Gasteiger partial charge >= 0.3 is 0 Å². The van der Waals surface area contributed by atoms with Gasteiger partial charge in [-0.05, 0) is 327 Å². The molecule has 0 saturated heterocycles. The number of nitrogens with zero attached hydrogens (tertiary/aromatic N) is 4. The number of hydrogen-bond donors (Lipinski definition) is 0. The van der Waals surface area contributed by atoms with Gasteiger partial charge in [0.2, 0.25) is 0 Å². The molecule has 0 unspecified atom stereocenters. The summed E-state index contributed by atoms with van der Waals surface area (Å²) in [5, 5.41) is 9.77. The Hall–Kier alpha value is -13.8. The maximum atomic E-state index is 13.9. The van der Waals surface area contributed by atoms with Gasteiger partial charge in [-0.25, -0.2) is 9.80 Å². The molecule has 0 fully saturated rings. The summed E-state index contributed by atoms with van der Waals surface area (Å²) < 4.78 is 0. The fraction of sp³-hybridized carbons (Fsp3) is 0.341. The van der Waals surface area contributed by atoms with Crippen molar-refractivity contribution >= 4 is 115 Å². The van der Waals surface area contributed by atoms with Gasteiger partial charge in [0, 0.05) is 93.8 Å². The molecular formula is C129H141ClN4O11. The van der Waals surface area contributed by atoms with Gasteiger partial charge in [0.15, 0.2) is 40.5 Å². The summed E-state index contributed by atoms with van der Waals surface area (Å²) in [5.74, 6) is -1.02. The highest BCUT2D eigenvalue weighted by atomic mass is 35.5. The highest BCUT2D eigenvalue weighted by Crippen LogP contribution is 2.51. The maximum absolute atomic E-state index is 13.9. The average Bonchev–Trinajstić information content (AvgIpc) is 0.698. The number of Topliss-reactive ketones (excluding diaryl/α,β-unsaturated/α-hetero) is 7. The smallest absolute Gasteiger partial charge is 0.266 e. The van der Waals surface area contributed by atoms with Gasteiger partial charge in [0.25, 0.3) is 23.6 Å². The Morgan fingerprint density at radius 1 is 0.283 bits per heavy atom. The number of allylic oxidation sites excluding steroid dienone is 33. The fourth-order valence-corrected chi connectivity index (χ4v) is 19.3. The number of benzene rings is 7. The van der Waals surface area contributed by atoms with E-state index in [1.54, 1.807) is 42.6 Å². The van der Waals surface area contributed by atoms with E-state index in [0.717, 1.165) is 169 Å². The van der Waals surface area contributed by atoms with Crippen molar-refractivity contribution in [2.45, 2.75) is 247 Å². The molecule has 0 aromatic heterocycles. The lowest BCUT2D eigenvalue weighted by molar-refractivity contribution is -0.114. The SMILES string of the molecule is CC(C)(C)C1=CC(=CN=Nc2ccc(Cl)cc2)C=C(C(C)(C)C)C1=O.CC1=CC(=C2C=C(C(C)(C)C)C(=O)C(C(C)(C)C)=C2)C=C(C)C1=O.CC1=CC(=CC=C2C=C(C(C)(C)C)C(=O)C(C(C)(C)C)=C2)C=C(C)C1=O.CCC(C)(C)C1=C/C(=C2/C=C(C(C)(C)CC)C(=O)c3ccccc32)c2ccccc2C1=O.CCc1cccc(C)c1N1C(=O)c2ccc3c4c(ccc(c24)C1=O)C(=O)N(c1c(C)cccc1CC)C3=O. The second-order valence-corrected chi connectivity index (χ2v) is 46.8. The predicted molar refractivity (Wildman–Crippen MR) is 593 cm³/mol. The second kappa shape index (κ2) is 42.1. The summed E-state index contributed by atoms with van der Waals surface area (Å²) in [5.41, 5.74) is 24.7. The third-order valence-electron chi connectivity index (χ3n) is 28.4. The number of azo groups is 1. The minimum absolute atomic E-state index is 0.0892. The third-order valence-corrected chi connectivity index (χ3v) is 28.6. The lowest BCUT2D eigenvalue weighted by atomic mass is 9.69. The molecule has 15 nitrogen and oxygen atoms in total. The van der Waals surface area contributed by atoms with Crippen LogP contribution >= 0.6 is 11.6 Å². The summed E-state index contributed by atoms with van der Waals surface area (Å²) >= 11 is 5.87. The van der Waals surface area contributed by atoms with Gasteiger partial charge < -0.3 is 0 Å². The van der Waals surface area contributed by atoms with Gasteiger partial charge in [-0.1, -0.05) is 289 Å². The zero-order valence-corrected chi connectivity index (χ0v) is 91.6. The molecule has 0 spiro atoms. The van der Waals surface area contributed by atoms with Crippen LogP contribution in [0.5, 0.6) is 0 Å². The molecule has 0 atom stereocenters. The topological polar surface area (TPSA) is 219 Å². The summed E-state index contributed by atoms with van der Waals surface area (Å²) in [6.07, 6.45) is 32.4. The van der Waals surface area contributed by atoms with Crippen molar-refractivity contribution in [1.82, 2.24) is 0 Å². The number of carbonyl (C=O) groups is 11. The van der Waals surface area contributed by atoms with Crippen LogP contribution in [0.4, 0.5) is 17.1 Å². The molecule has 7 aromatic rings. The molecule has 16 heteroatoms. The first kappa shape index (κ1) is 110. The number of amides is 4. The predicted octanol–water partition coefficient (Wildman–Crippen LogP) is 31.9. The molecule has 0 N–H and O–H groups in total. The molecule has 750 valence electrons. The number of anilines is 2. The molecule has 0 radical (unpaired) electrons. The fourth-order valence-electron chi connectivity index (χ4n) is 19.1. The molecular weight excluding hydrogens is 1820 g/mol. The van der Waals surface area contributed by atoms with Crippen LogP contribution in [0.1, 0.15) is 316 Å². The number of rotatable bonds is 11. The van der Waals surface area contributed by atoms with Crippen molar-refractivity contribution < 1.29 is 52.7 Å². The number of halogens is 1. The Balaban J connectivity index is 0.000000163. The molecule has 4 amide bonds. The molecule has 0 bridgehead atoms. The number of fused-ring (bicyclic) bond motifs is 2. The Morgan fingerprint density at radius 2 is 0.572 bits per heavy atom. The number of hydrogen-bond acceptors (Lipinski definition) is 13. The van der Waals surface area contributed by atoms with E-state index >= 15 is 0 Å². The molecule has 16 rings (SSSR count). The van der Waals surface area contributed by atoms with E-state index in [1.807, 2.05) is 225 Å². The first-order valence-electron chi connectivity index (χ1n) is 50.4. The lowest BCUT2D eigenvalue weighted by Gasteiger charge is -2.33.